The number of benzene rings is 1. The number of carboxylic acid groups (broad SMARTS) is 1. The van der Waals surface area contributed by atoms with E-state index in [4.69, 9.17) is 10.2 Å². The molecule has 0 fully saturated rings. The molecule has 2 amide bonds. The van der Waals surface area contributed by atoms with E-state index >= 15 is 0 Å². The van der Waals surface area contributed by atoms with Crippen LogP contribution in [0.4, 0.5) is 10.5 Å². The van der Waals surface area contributed by atoms with Crippen molar-refractivity contribution in [3.05, 3.63) is 28.2 Å². The highest BCUT2D eigenvalue weighted by atomic mass is 79.9. The molecule has 1 aromatic rings. The van der Waals surface area contributed by atoms with Crippen LogP contribution < -0.4 is 5.32 Å². The lowest BCUT2D eigenvalue weighted by Gasteiger charge is -2.17. The van der Waals surface area contributed by atoms with Gasteiger partial charge in [0.1, 0.15) is 0 Å². The number of anilines is 1. The van der Waals surface area contributed by atoms with Gasteiger partial charge in [0.25, 0.3) is 0 Å². The lowest BCUT2D eigenvalue weighted by molar-refractivity contribution is 0.0697. The second kappa shape index (κ2) is 6.36. The predicted octanol–water partition coefficient (Wildman–Crippen LogP) is 1.60. The Morgan fingerprint density at radius 1 is 1.44 bits per heavy atom. The van der Waals surface area contributed by atoms with E-state index in [0.29, 0.717) is 10.2 Å². The largest absolute Gasteiger partial charge is 0.478 e. The van der Waals surface area contributed by atoms with E-state index in [9.17, 15) is 9.59 Å². The number of halogens is 1. The van der Waals surface area contributed by atoms with E-state index in [1.807, 2.05) is 0 Å². The summed E-state index contributed by atoms with van der Waals surface area (Å²) in [4.78, 5) is 23.7. The first kappa shape index (κ1) is 14.5. The molecule has 1 aromatic carbocycles. The van der Waals surface area contributed by atoms with E-state index in [0.717, 1.165) is 0 Å². The highest BCUT2D eigenvalue weighted by Crippen LogP contribution is 2.23. The van der Waals surface area contributed by atoms with Crippen LogP contribution in [0.5, 0.6) is 0 Å². The van der Waals surface area contributed by atoms with Gasteiger partial charge in [-0.05, 0) is 34.1 Å². The monoisotopic (exact) mass is 316 g/mol. The molecular weight excluding hydrogens is 304 g/mol. The van der Waals surface area contributed by atoms with Gasteiger partial charge in [-0.15, -0.1) is 0 Å². The van der Waals surface area contributed by atoms with Crippen molar-refractivity contribution >= 4 is 33.6 Å². The van der Waals surface area contributed by atoms with E-state index < -0.39 is 5.97 Å². The Balaban J connectivity index is 2.79. The number of nitrogens with zero attached hydrogens (tertiary/aromatic N) is 1. The summed E-state index contributed by atoms with van der Waals surface area (Å²) in [7, 11) is 1.55. The van der Waals surface area contributed by atoms with Crippen LogP contribution in [-0.2, 0) is 0 Å². The first-order chi connectivity index (χ1) is 8.45. The first-order valence-corrected chi connectivity index (χ1v) is 5.91. The van der Waals surface area contributed by atoms with Crippen molar-refractivity contribution < 1.29 is 19.8 Å². The number of rotatable bonds is 4. The summed E-state index contributed by atoms with van der Waals surface area (Å²) in [6.45, 7) is 0.0969. The zero-order chi connectivity index (χ0) is 13.7. The molecule has 6 nitrogen and oxygen atoms in total. The number of aliphatic hydroxyl groups excluding tert-OH is 1. The molecule has 0 saturated carbocycles. The topological polar surface area (TPSA) is 89.9 Å². The number of aliphatic hydroxyl groups is 1. The maximum Gasteiger partial charge on any atom is 0.335 e. The molecule has 0 atom stereocenters. The number of amides is 2. The summed E-state index contributed by atoms with van der Waals surface area (Å²) < 4.78 is 0.480. The number of carbonyl (C=O) groups excluding carboxylic acids is 1. The Kier molecular flexibility index (Phi) is 5.11. The molecule has 3 N–H and O–H groups in total. The average Bonchev–Trinajstić information content (AvgIpc) is 2.31. The van der Waals surface area contributed by atoms with Crippen molar-refractivity contribution in [3.63, 3.8) is 0 Å². The minimum Gasteiger partial charge on any atom is -0.478 e. The van der Waals surface area contributed by atoms with E-state index in [2.05, 4.69) is 21.2 Å². The summed E-state index contributed by atoms with van der Waals surface area (Å²) >= 11 is 3.19. The van der Waals surface area contributed by atoms with Gasteiger partial charge in [0.15, 0.2) is 0 Å². The number of hydrogen-bond acceptors (Lipinski definition) is 3. The van der Waals surface area contributed by atoms with Crippen LogP contribution in [-0.4, -0.2) is 47.3 Å². The van der Waals surface area contributed by atoms with Gasteiger partial charge in [-0.2, -0.15) is 0 Å². The Morgan fingerprint density at radius 2 is 2.11 bits per heavy atom. The first-order valence-electron chi connectivity index (χ1n) is 5.11. The molecular formula is C11H13BrN2O4. The molecule has 0 aliphatic rings. The van der Waals surface area contributed by atoms with Gasteiger partial charge < -0.3 is 20.4 Å². The van der Waals surface area contributed by atoms with Gasteiger partial charge in [0, 0.05) is 18.1 Å². The van der Waals surface area contributed by atoms with E-state index in [1.54, 1.807) is 7.05 Å². The fraction of sp³-hybridized carbons (Fsp3) is 0.273. The maximum absolute atomic E-state index is 11.6. The van der Waals surface area contributed by atoms with Gasteiger partial charge in [0.05, 0.1) is 17.9 Å². The average molecular weight is 317 g/mol. The van der Waals surface area contributed by atoms with Crippen LogP contribution in [0.2, 0.25) is 0 Å². The van der Waals surface area contributed by atoms with Gasteiger partial charge in [-0.1, -0.05) is 0 Å². The zero-order valence-electron chi connectivity index (χ0n) is 9.68. The number of hydrogen-bond donors (Lipinski definition) is 3. The van der Waals surface area contributed by atoms with Gasteiger partial charge in [0.2, 0.25) is 0 Å². The molecule has 18 heavy (non-hydrogen) atoms. The van der Waals surface area contributed by atoms with Crippen molar-refractivity contribution in [1.82, 2.24) is 4.90 Å². The van der Waals surface area contributed by atoms with Crippen molar-refractivity contribution in [2.45, 2.75) is 0 Å². The third-order valence-electron chi connectivity index (χ3n) is 2.24. The number of carboxylic acids is 1. The number of nitrogens with one attached hydrogen (secondary N) is 1. The molecule has 0 saturated heterocycles. The lowest BCUT2D eigenvalue weighted by atomic mass is 10.2. The summed E-state index contributed by atoms with van der Waals surface area (Å²) in [5, 5.41) is 20.1. The fourth-order valence-electron chi connectivity index (χ4n) is 1.21. The van der Waals surface area contributed by atoms with Crippen LogP contribution in [0.3, 0.4) is 0 Å². The predicted molar refractivity (Wildman–Crippen MR) is 69.8 cm³/mol. The molecule has 98 valence electrons. The fourth-order valence-corrected chi connectivity index (χ4v) is 1.69. The Bertz CT molecular complexity index is 464. The Morgan fingerprint density at radius 3 is 2.61 bits per heavy atom. The van der Waals surface area contributed by atoms with E-state index in [1.165, 1.54) is 23.1 Å². The minimum absolute atomic E-state index is 0.122. The third kappa shape index (κ3) is 3.71. The Hall–Kier alpha value is -1.60. The number of likely N-dealkylation sites (N-methyl/N-ethyl adjacent to an activating group) is 1. The van der Waals surface area contributed by atoms with Crippen molar-refractivity contribution in [2.24, 2.45) is 0 Å². The molecule has 0 aliphatic carbocycles. The molecule has 0 bridgehead atoms. The highest BCUT2D eigenvalue weighted by Gasteiger charge is 2.11. The van der Waals surface area contributed by atoms with Crippen LogP contribution in [0.25, 0.3) is 0 Å². The molecule has 0 unspecified atom stereocenters. The number of urea groups is 1. The highest BCUT2D eigenvalue weighted by molar-refractivity contribution is 9.10. The standard InChI is InChI=1S/C11H13BrN2O4/c1-14(4-5-15)11(18)13-9-3-2-7(10(16)17)6-8(9)12/h2-3,6,15H,4-5H2,1H3,(H,13,18)(H,16,17). The molecule has 7 heteroatoms. The number of carbonyl (C=O) groups is 2. The van der Waals surface area contributed by atoms with Crippen molar-refractivity contribution in [2.75, 3.05) is 25.5 Å². The zero-order valence-corrected chi connectivity index (χ0v) is 11.3. The minimum atomic E-state index is -1.04. The quantitative estimate of drug-likeness (QED) is 0.787. The number of aromatic carboxylic acids is 1. The maximum atomic E-state index is 11.6. The summed E-state index contributed by atoms with van der Waals surface area (Å²) in [6, 6.07) is 3.92. The van der Waals surface area contributed by atoms with Crippen LogP contribution in [0.15, 0.2) is 22.7 Å². The van der Waals surface area contributed by atoms with Crippen molar-refractivity contribution in [1.29, 1.82) is 0 Å². The van der Waals surface area contributed by atoms with Crippen LogP contribution in [0, 0.1) is 0 Å². The molecule has 0 aliphatic heterocycles. The Labute approximate surface area is 112 Å². The third-order valence-corrected chi connectivity index (χ3v) is 2.90. The van der Waals surface area contributed by atoms with Crippen LogP contribution >= 0.6 is 15.9 Å². The summed E-state index contributed by atoms with van der Waals surface area (Å²) in [5.41, 5.74) is 0.596. The second-order valence-electron chi connectivity index (χ2n) is 3.58. The molecule has 0 radical (unpaired) electrons. The van der Waals surface area contributed by atoms with Crippen LogP contribution in [0.1, 0.15) is 10.4 Å². The molecule has 0 spiro atoms. The molecule has 0 aromatic heterocycles. The van der Waals surface area contributed by atoms with E-state index in [-0.39, 0.29) is 24.7 Å². The van der Waals surface area contributed by atoms with Gasteiger partial charge in [-0.25, -0.2) is 9.59 Å². The van der Waals surface area contributed by atoms with Gasteiger partial charge >= 0.3 is 12.0 Å². The second-order valence-corrected chi connectivity index (χ2v) is 4.43. The lowest BCUT2D eigenvalue weighted by Crippen LogP contribution is -2.33. The molecule has 1 rings (SSSR count). The summed E-state index contributed by atoms with van der Waals surface area (Å²) in [6.07, 6.45) is 0. The van der Waals surface area contributed by atoms with Crippen molar-refractivity contribution in [3.8, 4) is 0 Å². The SMILES string of the molecule is CN(CCO)C(=O)Nc1ccc(C(=O)O)cc1Br. The smallest absolute Gasteiger partial charge is 0.335 e. The van der Waals surface area contributed by atoms with Gasteiger partial charge in [-0.3, -0.25) is 0 Å². The summed E-state index contributed by atoms with van der Waals surface area (Å²) in [5.74, 6) is -1.04. The normalized spacial score (nSPS) is 9.94. The molecule has 0 heterocycles.